The second-order valence-corrected chi connectivity index (χ2v) is 9.12. The molecule has 0 aliphatic heterocycles. The second kappa shape index (κ2) is 8.21. The van der Waals surface area contributed by atoms with Crippen LogP contribution in [0.4, 0.5) is 10.8 Å². The third kappa shape index (κ3) is 4.37. The van der Waals surface area contributed by atoms with Gasteiger partial charge in [0, 0.05) is 22.4 Å². The van der Waals surface area contributed by atoms with Crippen molar-refractivity contribution in [2.45, 2.75) is 23.9 Å². The number of benzene rings is 2. The number of rotatable bonds is 6. The maximum Gasteiger partial charge on any atom is 0.210 e. The summed E-state index contributed by atoms with van der Waals surface area (Å²) in [7, 11) is 0. The van der Waals surface area contributed by atoms with E-state index in [1.165, 1.54) is 11.1 Å². The number of hydrogen-bond acceptors (Lipinski definition) is 7. The molecule has 0 fully saturated rings. The molecular formula is C20H18N4S3. The quantitative estimate of drug-likeness (QED) is 0.377. The molecule has 7 heteroatoms. The average Bonchev–Trinajstić information content (AvgIpc) is 3.33. The lowest BCUT2D eigenvalue weighted by Gasteiger charge is -2.09. The van der Waals surface area contributed by atoms with Crippen molar-refractivity contribution in [2.24, 2.45) is 0 Å². The summed E-state index contributed by atoms with van der Waals surface area (Å²) >= 11 is 4.92. The van der Waals surface area contributed by atoms with E-state index in [9.17, 15) is 0 Å². The number of thioether (sulfide) groups is 1. The minimum absolute atomic E-state index is 0.793. The van der Waals surface area contributed by atoms with E-state index < -0.39 is 0 Å². The van der Waals surface area contributed by atoms with Crippen LogP contribution in [-0.4, -0.2) is 15.2 Å². The van der Waals surface area contributed by atoms with Crippen LogP contribution in [0.15, 0.2) is 58.3 Å². The maximum atomic E-state index is 4.73. The number of para-hydroxylation sites is 1. The summed E-state index contributed by atoms with van der Waals surface area (Å²) in [5, 5.41) is 16.0. The van der Waals surface area contributed by atoms with Crippen molar-refractivity contribution in [1.82, 2.24) is 15.2 Å². The standard InChI is InChI=1S/C20H18N4S3/c1-13-7-6-8-14(2)17(13)22-19-23-24-20(27-19)26-12-16-11-25-18(21-16)15-9-4-3-5-10-15/h3-11H,12H2,1-2H3,(H,22,23). The summed E-state index contributed by atoms with van der Waals surface area (Å²) in [4.78, 5) is 4.73. The summed E-state index contributed by atoms with van der Waals surface area (Å²) < 4.78 is 0.943. The van der Waals surface area contributed by atoms with Gasteiger partial charge in [0.15, 0.2) is 4.34 Å². The molecule has 4 rings (SSSR count). The van der Waals surface area contributed by atoms with Gasteiger partial charge >= 0.3 is 0 Å². The van der Waals surface area contributed by atoms with Gasteiger partial charge in [0.05, 0.1) is 5.69 Å². The summed E-state index contributed by atoms with van der Waals surface area (Å²) in [6, 6.07) is 16.5. The number of nitrogens with zero attached hydrogens (tertiary/aromatic N) is 3. The monoisotopic (exact) mass is 410 g/mol. The van der Waals surface area contributed by atoms with Crippen LogP contribution in [-0.2, 0) is 5.75 Å². The Bertz CT molecular complexity index is 1020. The van der Waals surface area contributed by atoms with Crippen molar-refractivity contribution >= 4 is 45.3 Å². The van der Waals surface area contributed by atoms with E-state index in [1.807, 2.05) is 18.2 Å². The second-order valence-electron chi connectivity index (χ2n) is 6.06. The molecule has 0 radical (unpaired) electrons. The summed E-state index contributed by atoms with van der Waals surface area (Å²) in [5.74, 6) is 0.793. The zero-order valence-electron chi connectivity index (χ0n) is 15.0. The first-order valence-electron chi connectivity index (χ1n) is 8.48. The van der Waals surface area contributed by atoms with E-state index in [-0.39, 0.29) is 0 Å². The molecule has 0 atom stereocenters. The third-order valence-electron chi connectivity index (χ3n) is 4.04. The van der Waals surface area contributed by atoms with Crippen LogP contribution in [0.2, 0.25) is 0 Å². The first-order chi connectivity index (χ1) is 13.2. The number of anilines is 2. The summed E-state index contributed by atoms with van der Waals surface area (Å²) in [6.07, 6.45) is 0. The third-order valence-corrected chi connectivity index (χ3v) is 6.98. The van der Waals surface area contributed by atoms with E-state index in [1.54, 1.807) is 34.4 Å². The molecule has 0 unspecified atom stereocenters. The lowest BCUT2D eigenvalue weighted by Crippen LogP contribution is -1.95. The fraction of sp³-hybridized carbons (Fsp3) is 0.150. The average molecular weight is 411 g/mol. The van der Waals surface area contributed by atoms with Gasteiger partial charge < -0.3 is 5.32 Å². The lowest BCUT2D eigenvalue weighted by molar-refractivity contribution is 1.01. The van der Waals surface area contributed by atoms with Crippen molar-refractivity contribution in [3.05, 3.63) is 70.7 Å². The van der Waals surface area contributed by atoms with Gasteiger partial charge in [-0.1, -0.05) is 71.6 Å². The Hall–Kier alpha value is -2.22. The molecule has 0 amide bonds. The first-order valence-corrected chi connectivity index (χ1v) is 11.2. The topological polar surface area (TPSA) is 50.7 Å². The van der Waals surface area contributed by atoms with Crippen LogP contribution < -0.4 is 5.32 Å². The van der Waals surface area contributed by atoms with Crippen LogP contribution in [0, 0.1) is 13.8 Å². The summed E-state index contributed by atoms with van der Waals surface area (Å²) in [5.41, 5.74) is 5.75. The molecule has 1 N–H and O–H groups in total. The van der Waals surface area contributed by atoms with Gasteiger partial charge in [-0.2, -0.15) is 0 Å². The van der Waals surface area contributed by atoms with Gasteiger partial charge in [-0.25, -0.2) is 4.98 Å². The Morgan fingerprint density at radius 2 is 1.74 bits per heavy atom. The van der Waals surface area contributed by atoms with E-state index >= 15 is 0 Å². The van der Waals surface area contributed by atoms with E-state index in [2.05, 4.69) is 65.1 Å². The van der Waals surface area contributed by atoms with Crippen LogP contribution >= 0.6 is 34.4 Å². The van der Waals surface area contributed by atoms with Crippen molar-refractivity contribution in [3.63, 3.8) is 0 Å². The van der Waals surface area contributed by atoms with Crippen molar-refractivity contribution in [1.29, 1.82) is 0 Å². The molecule has 136 valence electrons. The summed E-state index contributed by atoms with van der Waals surface area (Å²) in [6.45, 7) is 4.19. The number of aromatic nitrogens is 3. The molecule has 0 saturated heterocycles. The number of nitrogens with one attached hydrogen (secondary N) is 1. The fourth-order valence-electron chi connectivity index (χ4n) is 2.66. The zero-order chi connectivity index (χ0) is 18.6. The van der Waals surface area contributed by atoms with Gasteiger partial charge in [-0.3, -0.25) is 0 Å². The zero-order valence-corrected chi connectivity index (χ0v) is 17.4. The van der Waals surface area contributed by atoms with Gasteiger partial charge in [-0.15, -0.1) is 21.5 Å². The Morgan fingerprint density at radius 3 is 2.52 bits per heavy atom. The highest BCUT2D eigenvalue weighted by atomic mass is 32.2. The molecular weight excluding hydrogens is 392 g/mol. The molecule has 27 heavy (non-hydrogen) atoms. The molecule has 0 aliphatic carbocycles. The lowest BCUT2D eigenvalue weighted by atomic mass is 10.1. The molecule has 0 bridgehead atoms. The van der Waals surface area contributed by atoms with Crippen molar-refractivity contribution < 1.29 is 0 Å². The number of hydrogen-bond donors (Lipinski definition) is 1. The maximum absolute atomic E-state index is 4.73. The van der Waals surface area contributed by atoms with Gasteiger partial charge in [0.25, 0.3) is 0 Å². The van der Waals surface area contributed by atoms with Gasteiger partial charge in [-0.05, 0) is 25.0 Å². The Labute approximate surface area is 170 Å². The largest absolute Gasteiger partial charge is 0.330 e. The Morgan fingerprint density at radius 1 is 0.963 bits per heavy atom. The molecule has 2 aromatic carbocycles. The smallest absolute Gasteiger partial charge is 0.210 e. The molecule has 2 heterocycles. The van der Waals surface area contributed by atoms with Crippen LogP contribution in [0.1, 0.15) is 16.8 Å². The Balaban J connectivity index is 1.40. The van der Waals surface area contributed by atoms with Gasteiger partial charge in [0.2, 0.25) is 5.13 Å². The predicted octanol–water partition coefficient (Wildman–Crippen LogP) is 6.31. The number of aryl methyl sites for hydroxylation is 2. The Kier molecular flexibility index (Phi) is 5.52. The van der Waals surface area contributed by atoms with Crippen molar-refractivity contribution in [2.75, 3.05) is 5.32 Å². The van der Waals surface area contributed by atoms with Crippen LogP contribution in [0.3, 0.4) is 0 Å². The fourth-order valence-corrected chi connectivity index (χ4v) is 5.24. The van der Waals surface area contributed by atoms with E-state index in [4.69, 9.17) is 4.98 Å². The van der Waals surface area contributed by atoms with E-state index in [0.717, 1.165) is 37.2 Å². The van der Waals surface area contributed by atoms with Crippen LogP contribution in [0.25, 0.3) is 10.6 Å². The highest BCUT2D eigenvalue weighted by molar-refractivity contribution is 8.00. The van der Waals surface area contributed by atoms with Gasteiger partial charge in [0.1, 0.15) is 5.01 Å². The van der Waals surface area contributed by atoms with Crippen molar-refractivity contribution in [3.8, 4) is 10.6 Å². The first kappa shape index (κ1) is 18.2. The normalized spacial score (nSPS) is 10.9. The van der Waals surface area contributed by atoms with E-state index in [0.29, 0.717) is 0 Å². The molecule has 4 aromatic rings. The molecule has 0 aliphatic rings. The highest BCUT2D eigenvalue weighted by Crippen LogP contribution is 2.32. The molecule has 0 saturated carbocycles. The molecule has 0 spiro atoms. The highest BCUT2D eigenvalue weighted by Gasteiger charge is 2.10. The predicted molar refractivity (Wildman–Crippen MR) is 116 cm³/mol. The SMILES string of the molecule is Cc1cccc(C)c1Nc1nnc(SCc2csc(-c3ccccc3)n2)s1. The minimum atomic E-state index is 0.793. The molecule has 2 aromatic heterocycles. The minimum Gasteiger partial charge on any atom is -0.330 e. The van der Waals surface area contributed by atoms with Crippen LogP contribution in [0.5, 0.6) is 0 Å². The molecule has 4 nitrogen and oxygen atoms in total. The number of thiazole rings is 1.